The molecule has 0 unspecified atom stereocenters. The van der Waals surface area contributed by atoms with Crippen molar-refractivity contribution in [2.24, 2.45) is 5.92 Å². The molecule has 1 aromatic carbocycles. The van der Waals surface area contributed by atoms with Crippen LogP contribution in [0, 0.1) is 5.92 Å². The molecule has 7 heteroatoms. The van der Waals surface area contributed by atoms with Crippen molar-refractivity contribution in [3.8, 4) is 0 Å². The van der Waals surface area contributed by atoms with Crippen molar-refractivity contribution >= 4 is 41.3 Å². The predicted octanol–water partition coefficient (Wildman–Crippen LogP) is 1.59. The Morgan fingerprint density at radius 3 is 2.05 bits per heavy atom. The highest BCUT2D eigenvalue weighted by atomic mass is 35.5. The zero-order chi connectivity index (χ0) is 16.4. The third-order valence-electron chi connectivity index (χ3n) is 3.32. The number of hydrogen-bond acceptors (Lipinski definition) is 4. The summed E-state index contributed by atoms with van der Waals surface area (Å²) < 4.78 is 0. The Kier molecular flexibility index (Phi) is 4.42. The molecule has 1 heterocycles. The van der Waals surface area contributed by atoms with E-state index >= 15 is 0 Å². The number of benzene rings is 1. The minimum atomic E-state index is -1.52. The van der Waals surface area contributed by atoms with Crippen LogP contribution in [0.5, 0.6) is 0 Å². The number of rotatable bonds is 3. The molecule has 1 aliphatic rings. The van der Waals surface area contributed by atoms with Crippen LogP contribution in [0.25, 0.3) is 6.08 Å². The number of barbiturate groups is 1. The molecule has 4 amide bonds. The van der Waals surface area contributed by atoms with E-state index in [2.05, 4.69) is 0 Å². The van der Waals surface area contributed by atoms with Crippen LogP contribution in [0.15, 0.2) is 30.3 Å². The summed E-state index contributed by atoms with van der Waals surface area (Å²) in [5.74, 6) is -3.83. The summed E-state index contributed by atoms with van der Waals surface area (Å²) in [7, 11) is 2.47. The van der Waals surface area contributed by atoms with Gasteiger partial charge in [-0.2, -0.15) is 0 Å². The van der Waals surface area contributed by atoms with Crippen molar-refractivity contribution in [2.45, 2.75) is 0 Å². The van der Waals surface area contributed by atoms with Crippen LogP contribution in [0.1, 0.15) is 5.56 Å². The fourth-order valence-corrected chi connectivity index (χ4v) is 2.12. The monoisotopic (exact) mass is 320 g/mol. The second-order valence-electron chi connectivity index (χ2n) is 4.80. The van der Waals surface area contributed by atoms with Gasteiger partial charge in [0.1, 0.15) is 0 Å². The SMILES string of the molecule is CN1C(=O)C(C(=O)/C=C/c2ccc(Cl)cc2)C(=O)N(C)C1=O. The molecule has 0 radical (unpaired) electrons. The molecule has 0 atom stereocenters. The maximum Gasteiger partial charge on any atom is 0.332 e. The third kappa shape index (κ3) is 2.92. The van der Waals surface area contributed by atoms with Gasteiger partial charge in [-0.05, 0) is 23.8 Å². The van der Waals surface area contributed by atoms with E-state index in [1.54, 1.807) is 24.3 Å². The Bertz CT molecular complexity index is 657. The zero-order valence-electron chi connectivity index (χ0n) is 11.9. The molecule has 2 rings (SSSR count). The molecular weight excluding hydrogens is 308 g/mol. The smallest absolute Gasteiger partial charge is 0.293 e. The van der Waals surface area contributed by atoms with Gasteiger partial charge >= 0.3 is 6.03 Å². The van der Waals surface area contributed by atoms with Crippen LogP contribution in [0.3, 0.4) is 0 Å². The van der Waals surface area contributed by atoms with Gasteiger partial charge in [-0.25, -0.2) is 4.79 Å². The van der Waals surface area contributed by atoms with Gasteiger partial charge in [-0.1, -0.05) is 29.8 Å². The quantitative estimate of drug-likeness (QED) is 0.626. The second-order valence-corrected chi connectivity index (χ2v) is 5.23. The fraction of sp³-hybridized carbons (Fsp3) is 0.200. The lowest BCUT2D eigenvalue weighted by molar-refractivity contribution is -0.150. The first kappa shape index (κ1) is 15.9. The first-order valence-electron chi connectivity index (χ1n) is 6.39. The Balaban J connectivity index is 2.21. The topological polar surface area (TPSA) is 74.8 Å². The molecule has 0 spiro atoms. The van der Waals surface area contributed by atoms with Crippen molar-refractivity contribution in [1.29, 1.82) is 0 Å². The first-order chi connectivity index (χ1) is 10.3. The largest absolute Gasteiger partial charge is 0.332 e. The van der Waals surface area contributed by atoms with E-state index in [-0.39, 0.29) is 0 Å². The van der Waals surface area contributed by atoms with E-state index in [1.807, 2.05) is 0 Å². The Hall–Kier alpha value is -2.47. The minimum absolute atomic E-state index is 0.558. The molecule has 0 N–H and O–H groups in total. The summed E-state index contributed by atoms with van der Waals surface area (Å²) in [5, 5.41) is 0.558. The molecule has 0 saturated carbocycles. The summed E-state index contributed by atoms with van der Waals surface area (Å²) in [4.78, 5) is 49.2. The zero-order valence-corrected chi connectivity index (χ0v) is 12.7. The lowest BCUT2D eigenvalue weighted by Crippen LogP contribution is -2.58. The molecule has 1 aromatic rings. The van der Waals surface area contributed by atoms with Gasteiger partial charge in [0.25, 0.3) is 11.8 Å². The van der Waals surface area contributed by atoms with Gasteiger partial charge in [0, 0.05) is 19.1 Å². The van der Waals surface area contributed by atoms with Gasteiger partial charge < -0.3 is 0 Å². The maximum atomic E-state index is 12.1. The van der Waals surface area contributed by atoms with Crippen molar-refractivity contribution in [2.75, 3.05) is 14.1 Å². The van der Waals surface area contributed by atoms with Crippen molar-refractivity contribution in [3.05, 3.63) is 40.9 Å². The lowest BCUT2D eigenvalue weighted by atomic mass is 9.98. The summed E-state index contributed by atoms with van der Waals surface area (Å²) in [6.07, 6.45) is 2.64. The van der Waals surface area contributed by atoms with Gasteiger partial charge in [-0.3, -0.25) is 24.2 Å². The van der Waals surface area contributed by atoms with E-state index in [9.17, 15) is 19.2 Å². The Labute approximate surface area is 131 Å². The molecule has 22 heavy (non-hydrogen) atoms. The molecule has 1 aliphatic heterocycles. The van der Waals surface area contributed by atoms with Gasteiger partial charge in [0.15, 0.2) is 11.7 Å². The molecule has 0 aromatic heterocycles. The van der Waals surface area contributed by atoms with Crippen molar-refractivity contribution in [3.63, 3.8) is 0 Å². The first-order valence-corrected chi connectivity index (χ1v) is 6.77. The standard InChI is InChI=1S/C15H13ClN2O4/c1-17-13(20)12(14(21)18(2)15(17)22)11(19)8-5-9-3-6-10(16)7-4-9/h3-8,12H,1-2H3/b8-5+. The Morgan fingerprint density at radius 2 is 1.55 bits per heavy atom. The molecule has 6 nitrogen and oxygen atoms in total. The third-order valence-corrected chi connectivity index (χ3v) is 3.58. The summed E-state index contributed by atoms with van der Waals surface area (Å²) in [5.41, 5.74) is 0.700. The predicted molar refractivity (Wildman–Crippen MR) is 79.9 cm³/mol. The molecular formula is C15H13ClN2O4. The molecule has 0 aliphatic carbocycles. The number of ketones is 1. The number of urea groups is 1. The average molecular weight is 321 g/mol. The van der Waals surface area contributed by atoms with Crippen LogP contribution in [-0.4, -0.2) is 47.5 Å². The van der Waals surface area contributed by atoms with Gasteiger partial charge in [0.2, 0.25) is 0 Å². The van der Waals surface area contributed by atoms with Crippen LogP contribution in [-0.2, 0) is 14.4 Å². The van der Waals surface area contributed by atoms with E-state index in [4.69, 9.17) is 11.6 Å². The molecule has 114 valence electrons. The lowest BCUT2D eigenvalue weighted by Gasteiger charge is -2.31. The maximum absolute atomic E-state index is 12.1. The van der Waals surface area contributed by atoms with Crippen LogP contribution >= 0.6 is 11.6 Å². The Morgan fingerprint density at radius 1 is 1.05 bits per heavy atom. The summed E-state index contributed by atoms with van der Waals surface area (Å²) in [6, 6.07) is 5.95. The van der Waals surface area contributed by atoms with E-state index in [0.717, 1.165) is 15.9 Å². The molecule has 1 saturated heterocycles. The average Bonchev–Trinajstić information content (AvgIpc) is 2.50. The number of halogens is 1. The van der Waals surface area contributed by atoms with Crippen LogP contribution in [0.2, 0.25) is 5.02 Å². The number of amides is 4. The number of imide groups is 2. The minimum Gasteiger partial charge on any atom is -0.293 e. The highest BCUT2D eigenvalue weighted by molar-refractivity contribution is 6.30. The van der Waals surface area contributed by atoms with Gasteiger partial charge in [0.05, 0.1) is 0 Å². The highest BCUT2D eigenvalue weighted by Gasteiger charge is 2.45. The second kappa shape index (κ2) is 6.11. The molecule has 0 bridgehead atoms. The summed E-state index contributed by atoms with van der Waals surface area (Å²) >= 11 is 5.76. The molecule has 1 fully saturated rings. The number of hydrogen-bond donors (Lipinski definition) is 0. The van der Waals surface area contributed by atoms with Crippen LogP contribution in [0.4, 0.5) is 4.79 Å². The summed E-state index contributed by atoms with van der Waals surface area (Å²) in [6.45, 7) is 0. The normalized spacial score (nSPS) is 16.8. The van der Waals surface area contributed by atoms with E-state index < -0.39 is 29.5 Å². The number of carbonyl (C=O) groups is 4. The number of allylic oxidation sites excluding steroid dienone is 1. The van der Waals surface area contributed by atoms with Crippen LogP contribution < -0.4 is 0 Å². The van der Waals surface area contributed by atoms with Crippen molar-refractivity contribution < 1.29 is 19.2 Å². The van der Waals surface area contributed by atoms with Crippen molar-refractivity contribution in [1.82, 2.24) is 9.80 Å². The fourth-order valence-electron chi connectivity index (χ4n) is 2.00. The van der Waals surface area contributed by atoms with Gasteiger partial charge in [-0.15, -0.1) is 0 Å². The van der Waals surface area contributed by atoms with E-state index in [1.165, 1.54) is 20.2 Å². The number of nitrogens with zero attached hydrogens (tertiary/aromatic N) is 2. The number of carbonyl (C=O) groups excluding carboxylic acids is 4. The highest BCUT2D eigenvalue weighted by Crippen LogP contribution is 2.17. The van der Waals surface area contributed by atoms with E-state index in [0.29, 0.717) is 10.6 Å².